The van der Waals surface area contributed by atoms with Crippen LogP contribution in [-0.4, -0.2) is 13.4 Å². The Labute approximate surface area is 112 Å². The number of nitrogens with zero attached hydrogens (tertiary/aromatic N) is 1. The zero-order chi connectivity index (χ0) is 13.2. The molecule has 0 atom stereocenters. The van der Waals surface area contributed by atoms with Crippen LogP contribution in [0.25, 0.3) is 0 Å². The lowest BCUT2D eigenvalue weighted by Gasteiger charge is -2.08. The maximum absolute atomic E-state index is 12.7. The van der Waals surface area contributed by atoms with Gasteiger partial charge < -0.3 is 0 Å². The molecular weight excluding hydrogens is 323 g/mol. The van der Waals surface area contributed by atoms with Gasteiger partial charge in [-0.2, -0.15) is 0 Å². The molecule has 1 heterocycles. The Balaban J connectivity index is 2.33. The minimum Gasteiger partial charge on any atom is -0.263 e. The van der Waals surface area contributed by atoms with E-state index in [4.69, 9.17) is 0 Å². The predicted octanol–water partition coefficient (Wildman–Crippen LogP) is 2.78. The first-order valence-corrected chi connectivity index (χ1v) is 7.15. The maximum Gasteiger partial charge on any atom is 0.264 e. The molecule has 0 aliphatic carbocycles. The minimum atomic E-state index is -3.74. The van der Waals surface area contributed by atoms with Crippen LogP contribution in [0, 0.1) is 5.82 Å². The van der Waals surface area contributed by atoms with Crippen molar-refractivity contribution in [1.29, 1.82) is 0 Å². The smallest absolute Gasteiger partial charge is 0.263 e. The van der Waals surface area contributed by atoms with Crippen molar-refractivity contribution >= 4 is 31.8 Å². The van der Waals surface area contributed by atoms with Gasteiger partial charge in [-0.05, 0) is 40.2 Å². The molecule has 0 amide bonds. The number of sulfonamides is 1. The van der Waals surface area contributed by atoms with Gasteiger partial charge in [0.1, 0.15) is 16.5 Å². The molecule has 2 aromatic rings. The normalized spacial score (nSPS) is 11.2. The van der Waals surface area contributed by atoms with Gasteiger partial charge in [-0.3, -0.25) is 4.72 Å². The molecule has 0 saturated carbocycles. The molecule has 0 fully saturated rings. The fourth-order valence-corrected chi connectivity index (χ4v) is 3.30. The van der Waals surface area contributed by atoms with Gasteiger partial charge in [0.25, 0.3) is 10.0 Å². The van der Waals surface area contributed by atoms with E-state index in [1.54, 1.807) is 18.2 Å². The summed E-state index contributed by atoms with van der Waals surface area (Å²) in [6.07, 6.45) is 0.942. The Kier molecular flexibility index (Phi) is 3.63. The number of halogens is 2. The third-order valence-corrected chi connectivity index (χ3v) is 4.46. The first-order chi connectivity index (χ1) is 8.49. The van der Waals surface area contributed by atoms with E-state index >= 15 is 0 Å². The fourth-order valence-electron chi connectivity index (χ4n) is 1.29. The number of hydrogen-bond donors (Lipinski definition) is 1. The Hall–Kier alpha value is -1.47. The van der Waals surface area contributed by atoms with E-state index in [1.165, 1.54) is 12.1 Å². The van der Waals surface area contributed by atoms with Gasteiger partial charge in [-0.25, -0.2) is 17.8 Å². The number of benzene rings is 1. The van der Waals surface area contributed by atoms with Crippen molar-refractivity contribution in [3.8, 4) is 0 Å². The molecule has 0 bridgehead atoms. The third-order valence-electron chi connectivity index (χ3n) is 2.09. The van der Waals surface area contributed by atoms with E-state index in [-0.39, 0.29) is 10.7 Å². The molecule has 2 rings (SSSR count). The molecule has 1 aromatic carbocycles. The summed E-state index contributed by atoms with van der Waals surface area (Å²) in [6.45, 7) is 0. The molecule has 0 unspecified atom stereocenters. The number of anilines is 1. The predicted molar refractivity (Wildman–Crippen MR) is 69.1 cm³/mol. The van der Waals surface area contributed by atoms with Crippen molar-refractivity contribution in [1.82, 2.24) is 4.98 Å². The van der Waals surface area contributed by atoms with Crippen LogP contribution >= 0.6 is 15.9 Å². The summed E-state index contributed by atoms with van der Waals surface area (Å²) in [5.74, 6) is -0.467. The summed E-state index contributed by atoms with van der Waals surface area (Å²) in [7, 11) is -3.74. The zero-order valence-corrected chi connectivity index (χ0v) is 11.4. The number of pyridine rings is 1. The lowest BCUT2D eigenvalue weighted by Crippen LogP contribution is -2.14. The molecule has 0 spiro atoms. The molecule has 1 N–H and O–H groups in total. The maximum atomic E-state index is 12.7. The lowest BCUT2D eigenvalue weighted by atomic mass is 10.4. The molecule has 0 radical (unpaired) electrons. The van der Waals surface area contributed by atoms with Crippen LogP contribution in [-0.2, 0) is 10.0 Å². The molecular formula is C11H8BrFN2O2S. The largest absolute Gasteiger partial charge is 0.264 e. The summed E-state index contributed by atoms with van der Waals surface area (Å²) in [5, 5.41) is 0. The number of rotatable bonds is 3. The minimum absolute atomic E-state index is 0.0622. The van der Waals surface area contributed by atoms with Crippen LogP contribution < -0.4 is 4.72 Å². The van der Waals surface area contributed by atoms with Gasteiger partial charge >= 0.3 is 0 Å². The second-order valence-corrected chi connectivity index (χ2v) is 5.90. The molecule has 4 nitrogen and oxygen atoms in total. The second kappa shape index (κ2) is 5.03. The monoisotopic (exact) mass is 330 g/mol. The molecule has 0 aliphatic heterocycles. The summed E-state index contributed by atoms with van der Waals surface area (Å²) >= 11 is 3.16. The van der Waals surface area contributed by atoms with E-state index in [1.807, 2.05) is 0 Å². The Bertz CT molecular complexity index is 659. The van der Waals surface area contributed by atoms with E-state index in [0.29, 0.717) is 4.47 Å². The van der Waals surface area contributed by atoms with Crippen molar-refractivity contribution < 1.29 is 12.8 Å². The number of nitrogens with one attached hydrogen (secondary N) is 1. The van der Waals surface area contributed by atoms with Crippen molar-refractivity contribution in [2.75, 3.05) is 4.72 Å². The van der Waals surface area contributed by atoms with Crippen LogP contribution in [0.5, 0.6) is 0 Å². The molecule has 18 heavy (non-hydrogen) atoms. The van der Waals surface area contributed by atoms with Gasteiger partial charge in [0.15, 0.2) is 0 Å². The van der Waals surface area contributed by atoms with Crippen LogP contribution in [0.2, 0.25) is 0 Å². The summed E-state index contributed by atoms with van der Waals surface area (Å²) in [4.78, 5) is 3.73. The van der Waals surface area contributed by atoms with E-state index < -0.39 is 15.8 Å². The van der Waals surface area contributed by atoms with Gasteiger partial charge in [0.2, 0.25) is 0 Å². The summed E-state index contributed by atoms with van der Waals surface area (Å²) in [6, 6.07) is 8.77. The average molecular weight is 331 g/mol. The Morgan fingerprint density at radius 1 is 1.17 bits per heavy atom. The SMILES string of the molecule is O=S(=O)(Nc1ccc(F)cn1)c1ccccc1Br. The number of hydrogen-bond acceptors (Lipinski definition) is 3. The van der Waals surface area contributed by atoms with E-state index in [0.717, 1.165) is 12.3 Å². The van der Waals surface area contributed by atoms with Gasteiger partial charge in [-0.1, -0.05) is 12.1 Å². The first kappa shape index (κ1) is 13.0. The highest BCUT2D eigenvalue weighted by atomic mass is 79.9. The quantitative estimate of drug-likeness (QED) is 0.941. The average Bonchev–Trinajstić information content (AvgIpc) is 2.32. The van der Waals surface area contributed by atoms with Gasteiger partial charge in [0.05, 0.1) is 6.20 Å². The zero-order valence-electron chi connectivity index (χ0n) is 8.97. The van der Waals surface area contributed by atoms with Crippen LogP contribution in [0.3, 0.4) is 0 Å². The second-order valence-electron chi connectivity index (χ2n) is 3.40. The third kappa shape index (κ3) is 2.85. The van der Waals surface area contributed by atoms with Crippen LogP contribution in [0.1, 0.15) is 0 Å². The Morgan fingerprint density at radius 2 is 1.89 bits per heavy atom. The molecule has 0 saturated heterocycles. The molecule has 1 aromatic heterocycles. The first-order valence-electron chi connectivity index (χ1n) is 4.88. The number of aromatic nitrogens is 1. The van der Waals surface area contributed by atoms with E-state index in [2.05, 4.69) is 25.6 Å². The van der Waals surface area contributed by atoms with E-state index in [9.17, 15) is 12.8 Å². The molecule has 94 valence electrons. The van der Waals surface area contributed by atoms with Gasteiger partial charge in [-0.15, -0.1) is 0 Å². The van der Waals surface area contributed by atoms with Crippen molar-refractivity contribution in [3.05, 3.63) is 52.9 Å². The topological polar surface area (TPSA) is 59.1 Å². The highest BCUT2D eigenvalue weighted by molar-refractivity contribution is 9.10. The highest BCUT2D eigenvalue weighted by Crippen LogP contribution is 2.23. The molecule has 0 aliphatic rings. The van der Waals surface area contributed by atoms with Crippen LogP contribution in [0.4, 0.5) is 10.2 Å². The van der Waals surface area contributed by atoms with Crippen molar-refractivity contribution in [2.45, 2.75) is 4.90 Å². The lowest BCUT2D eigenvalue weighted by molar-refractivity contribution is 0.600. The summed E-state index contributed by atoms with van der Waals surface area (Å²) in [5.41, 5.74) is 0. The fraction of sp³-hybridized carbons (Fsp3) is 0. The highest BCUT2D eigenvalue weighted by Gasteiger charge is 2.17. The van der Waals surface area contributed by atoms with Gasteiger partial charge in [0, 0.05) is 4.47 Å². The molecule has 7 heteroatoms. The summed E-state index contributed by atoms with van der Waals surface area (Å²) < 4.78 is 39.4. The van der Waals surface area contributed by atoms with Crippen LogP contribution in [0.15, 0.2) is 52.0 Å². The van der Waals surface area contributed by atoms with Crippen molar-refractivity contribution in [2.24, 2.45) is 0 Å². The van der Waals surface area contributed by atoms with Crippen molar-refractivity contribution in [3.63, 3.8) is 0 Å². The Morgan fingerprint density at radius 3 is 2.50 bits per heavy atom. The standard InChI is InChI=1S/C11H8BrFN2O2S/c12-9-3-1-2-4-10(9)18(16,17)15-11-6-5-8(13)7-14-11/h1-7H,(H,14,15).